The molecule has 0 amide bonds. The molecule has 0 aliphatic carbocycles. The minimum Gasteiger partial charge on any atom is -0.339 e. The molecule has 2 N–H and O–H groups in total. The van der Waals surface area contributed by atoms with Gasteiger partial charge in [-0.2, -0.15) is 13.5 Å². The minimum atomic E-state index is -3.76. The zero-order valence-electron chi connectivity index (χ0n) is 18.2. The maximum Gasteiger partial charge on any atom is 0.280 e. The molecule has 0 saturated heterocycles. The fourth-order valence-electron chi connectivity index (χ4n) is 3.08. The first-order valence-corrected chi connectivity index (χ1v) is 11.5. The smallest absolute Gasteiger partial charge is 0.280 e. The summed E-state index contributed by atoms with van der Waals surface area (Å²) < 4.78 is 31.1. The van der Waals surface area contributed by atoms with Gasteiger partial charge in [0.1, 0.15) is 0 Å². The van der Waals surface area contributed by atoms with Gasteiger partial charge >= 0.3 is 0 Å². The summed E-state index contributed by atoms with van der Waals surface area (Å²) >= 11 is 0. The van der Waals surface area contributed by atoms with Crippen LogP contribution in [0.5, 0.6) is 0 Å². The Kier molecular flexibility index (Phi) is 5.66. The highest BCUT2D eigenvalue weighted by molar-refractivity contribution is 7.92. The van der Waals surface area contributed by atoms with Crippen LogP contribution in [0, 0.1) is 13.8 Å². The summed E-state index contributed by atoms with van der Waals surface area (Å²) in [6.07, 6.45) is 3.02. The maximum atomic E-state index is 12.6. The molecule has 0 bridgehead atoms. The monoisotopic (exact) mass is 452 g/mol. The lowest BCUT2D eigenvalue weighted by atomic mass is 10.3. The fourth-order valence-corrected chi connectivity index (χ4v) is 4.08. The summed E-state index contributed by atoms with van der Waals surface area (Å²) in [5.74, 6) is 1.19. The Bertz CT molecular complexity index is 1320. The topological polar surface area (TPSA) is 120 Å². The molecule has 11 heteroatoms. The zero-order valence-corrected chi connectivity index (χ0v) is 19.0. The molecule has 0 aliphatic heterocycles. The minimum absolute atomic E-state index is 0.0219. The lowest BCUT2D eigenvalue weighted by Crippen LogP contribution is -2.13. The largest absolute Gasteiger partial charge is 0.339 e. The van der Waals surface area contributed by atoms with E-state index >= 15 is 0 Å². The van der Waals surface area contributed by atoms with Crippen LogP contribution in [0.2, 0.25) is 0 Å². The summed E-state index contributed by atoms with van der Waals surface area (Å²) in [5.41, 5.74) is 3.06. The van der Waals surface area contributed by atoms with Gasteiger partial charge in [0.15, 0.2) is 16.7 Å². The van der Waals surface area contributed by atoms with Crippen molar-refractivity contribution in [3.63, 3.8) is 0 Å². The molecular formula is C21H24N8O2S. The van der Waals surface area contributed by atoms with Crippen molar-refractivity contribution in [3.8, 4) is 5.82 Å². The molecular weight excluding hydrogens is 428 g/mol. The molecule has 1 aromatic carbocycles. The van der Waals surface area contributed by atoms with Crippen LogP contribution in [0.4, 0.5) is 17.2 Å². The molecule has 0 radical (unpaired) electrons. The van der Waals surface area contributed by atoms with Crippen molar-refractivity contribution in [2.75, 3.05) is 10.0 Å². The molecule has 4 rings (SSSR count). The van der Waals surface area contributed by atoms with E-state index in [0.29, 0.717) is 17.3 Å². The molecule has 32 heavy (non-hydrogen) atoms. The van der Waals surface area contributed by atoms with E-state index in [9.17, 15) is 8.42 Å². The van der Waals surface area contributed by atoms with Gasteiger partial charge in [0.05, 0.1) is 12.0 Å². The van der Waals surface area contributed by atoms with Gasteiger partial charge in [-0.3, -0.25) is 4.72 Å². The highest BCUT2D eigenvalue weighted by Crippen LogP contribution is 2.21. The van der Waals surface area contributed by atoms with Gasteiger partial charge in [0.2, 0.25) is 0 Å². The molecule has 166 valence electrons. The molecule has 0 unspecified atom stereocenters. The third-order valence-electron chi connectivity index (χ3n) is 4.74. The van der Waals surface area contributed by atoms with Crippen molar-refractivity contribution in [1.82, 2.24) is 29.5 Å². The van der Waals surface area contributed by atoms with E-state index in [1.54, 1.807) is 39.6 Å². The SMILES string of the molecule is Cc1cc(C)n(-c2ccc(Nc3ccc(NS(=O)(=O)c4cn(C(C)C)cn4)cc3)nn2)n1. The molecule has 0 fully saturated rings. The Morgan fingerprint density at radius 1 is 0.969 bits per heavy atom. The number of nitrogens with one attached hydrogen (secondary N) is 2. The Morgan fingerprint density at radius 3 is 2.25 bits per heavy atom. The van der Waals surface area contributed by atoms with Gasteiger partial charge in [-0.25, -0.2) is 9.67 Å². The number of anilines is 3. The van der Waals surface area contributed by atoms with Gasteiger partial charge in [-0.05, 0) is 70.2 Å². The van der Waals surface area contributed by atoms with Gasteiger partial charge in [0, 0.05) is 29.3 Å². The van der Waals surface area contributed by atoms with Crippen molar-refractivity contribution in [3.05, 3.63) is 66.4 Å². The predicted octanol–water partition coefficient (Wildman–Crippen LogP) is 3.60. The summed E-state index contributed by atoms with van der Waals surface area (Å²) in [4.78, 5) is 3.99. The number of hydrogen-bond donors (Lipinski definition) is 2. The normalized spacial score (nSPS) is 11.7. The Hall–Kier alpha value is -3.73. The number of aryl methyl sites for hydroxylation is 2. The molecule has 0 atom stereocenters. The zero-order chi connectivity index (χ0) is 22.9. The number of hydrogen-bond acceptors (Lipinski definition) is 7. The third kappa shape index (κ3) is 4.62. The molecule has 3 heterocycles. The van der Waals surface area contributed by atoms with Crippen LogP contribution >= 0.6 is 0 Å². The Morgan fingerprint density at radius 2 is 1.69 bits per heavy atom. The molecule has 0 spiro atoms. The lowest BCUT2D eigenvalue weighted by Gasteiger charge is -2.09. The van der Waals surface area contributed by atoms with Crippen LogP contribution in [-0.2, 0) is 10.0 Å². The summed E-state index contributed by atoms with van der Waals surface area (Å²) in [6, 6.07) is 12.6. The molecule has 0 aliphatic rings. The Balaban J connectivity index is 1.43. The van der Waals surface area contributed by atoms with E-state index in [1.165, 1.54) is 12.5 Å². The van der Waals surface area contributed by atoms with Gasteiger partial charge in [-0.1, -0.05) is 0 Å². The quantitative estimate of drug-likeness (QED) is 0.440. The second-order valence-electron chi connectivity index (χ2n) is 7.68. The second kappa shape index (κ2) is 8.42. The predicted molar refractivity (Wildman–Crippen MR) is 122 cm³/mol. The van der Waals surface area contributed by atoms with E-state index in [4.69, 9.17) is 0 Å². The van der Waals surface area contributed by atoms with Crippen LogP contribution in [0.3, 0.4) is 0 Å². The molecule has 10 nitrogen and oxygen atoms in total. The number of nitrogens with zero attached hydrogens (tertiary/aromatic N) is 6. The van der Waals surface area contributed by atoms with E-state index in [0.717, 1.165) is 17.1 Å². The Labute approximate surface area is 186 Å². The number of sulfonamides is 1. The summed E-state index contributed by atoms with van der Waals surface area (Å²) in [6.45, 7) is 7.79. The average molecular weight is 453 g/mol. The second-order valence-corrected chi connectivity index (χ2v) is 9.31. The van der Waals surface area contributed by atoms with Crippen LogP contribution in [0.1, 0.15) is 31.3 Å². The van der Waals surface area contributed by atoms with E-state index in [1.807, 2.05) is 39.8 Å². The van der Waals surface area contributed by atoms with Crippen LogP contribution < -0.4 is 10.0 Å². The summed E-state index contributed by atoms with van der Waals surface area (Å²) in [7, 11) is -3.76. The molecule has 0 saturated carbocycles. The third-order valence-corrected chi connectivity index (χ3v) is 6.00. The fraction of sp³-hybridized carbons (Fsp3) is 0.238. The summed E-state index contributed by atoms with van der Waals surface area (Å²) in [5, 5.41) is 15.9. The van der Waals surface area contributed by atoms with Crippen molar-refractivity contribution < 1.29 is 8.42 Å². The molecule has 4 aromatic rings. The maximum absolute atomic E-state index is 12.6. The highest BCUT2D eigenvalue weighted by atomic mass is 32.2. The standard InChI is InChI=1S/C21H24N8O2S/c1-14(2)28-12-21(22-13-28)32(30,31)27-18-7-5-17(6-8-18)23-19-9-10-20(25-24-19)29-16(4)11-15(3)26-29/h5-14,27H,1-4H3,(H,23,24). The van der Waals surface area contributed by atoms with Gasteiger partial charge in [-0.15, -0.1) is 10.2 Å². The number of rotatable bonds is 7. The van der Waals surface area contributed by atoms with Crippen molar-refractivity contribution >= 4 is 27.2 Å². The van der Waals surface area contributed by atoms with Crippen molar-refractivity contribution in [2.45, 2.75) is 38.8 Å². The first-order valence-electron chi connectivity index (χ1n) is 10.0. The number of imidazole rings is 1. The average Bonchev–Trinajstić information content (AvgIpc) is 3.37. The molecule has 3 aromatic heterocycles. The lowest BCUT2D eigenvalue weighted by molar-refractivity contribution is 0.591. The van der Waals surface area contributed by atoms with Gasteiger partial charge in [0.25, 0.3) is 10.0 Å². The first kappa shape index (κ1) is 21.5. The van der Waals surface area contributed by atoms with Crippen LogP contribution in [-0.4, -0.2) is 37.9 Å². The van der Waals surface area contributed by atoms with E-state index < -0.39 is 10.0 Å². The van der Waals surface area contributed by atoms with Crippen LogP contribution in [0.25, 0.3) is 5.82 Å². The highest BCUT2D eigenvalue weighted by Gasteiger charge is 2.18. The first-order chi connectivity index (χ1) is 15.2. The van der Waals surface area contributed by atoms with Gasteiger partial charge < -0.3 is 9.88 Å². The number of benzene rings is 1. The van der Waals surface area contributed by atoms with Crippen molar-refractivity contribution in [1.29, 1.82) is 0 Å². The van der Waals surface area contributed by atoms with E-state index in [-0.39, 0.29) is 11.1 Å². The van der Waals surface area contributed by atoms with Crippen molar-refractivity contribution in [2.24, 2.45) is 0 Å². The number of aromatic nitrogens is 6. The van der Waals surface area contributed by atoms with Crippen LogP contribution in [0.15, 0.2) is 60.0 Å². The van der Waals surface area contributed by atoms with E-state index in [2.05, 4.69) is 30.3 Å².